The van der Waals surface area contributed by atoms with Crippen molar-refractivity contribution in [2.75, 3.05) is 0 Å². The summed E-state index contributed by atoms with van der Waals surface area (Å²) in [5, 5.41) is 9.15. The van der Waals surface area contributed by atoms with Crippen molar-refractivity contribution in [1.82, 2.24) is 19.6 Å². The average Bonchev–Trinajstić information content (AvgIpc) is 3.17. The number of fused-ring (bicyclic) bond motifs is 1. The first-order chi connectivity index (χ1) is 12.0. The van der Waals surface area contributed by atoms with Gasteiger partial charge in [0, 0.05) is 18.0 Å². The number of nitrogens with zero attached hydrogens (tertiary/aromatic N) is 4. The highest BCUT2D eigenvalue weighted by Gasteiger charge is 2.18. The van der Waals surface area contributed by atoms with E-state index < -0.39 is 10.0 Å². The summed E-state index contributed by atoms with van der Waals surface area (Å²) >= 11 is 0.922. The molecule has 0 fully saturated rings. The number of aromatic nitrogens is 4. The van der Waals surface area contributed by atoms with Crippen LogP contribution in [-0.2, 0) is 10.0 Å². The molecule has 4 rings (SSSR count). The zero-order chi connectivity index (χ0) is 17.4. The van der Waals surface area contributed by atoms with Gasteiger partial charge in [-0.25, -0.2) is 23.1 Å². The van der Waals surface area contributed by atoms with Gasteiger partial charge in [-0.2, -0.15) is 0 Å². The van der Waals surface area contributed by atoms with Gasteiger partial charge < -0.3 is 4.74 Å². The van der Waals surface area contributed by atoms with Crippen LogP contribution in [0.5, 0.6) is 11.5 Å². The third kappa shape index (κ3) is 3.09. The fraction of sp³-hybridized carbons (Fsp3) is 0. The number of primary sulfonamides is 1. The van der Waals surface area contributed by atoms with Crippen molar-refractivity contribution in [2.24, 2.45) is 5.14 Å². The Hall–Kier alpha value is -2.82. The fourth-order valence-electron chi connectivity index (χ4n) is 2.22. The van der Waals surface area contributed by atoms with E-state index in [9.17, 15) is 8.42 Å². The molecule has 25 heavy (non-hydrogen) atoms. The highest BCUT2D eigenvalue weighted by Crippen LogP contribution is 2.28. The molecule has 3 heterocycles. The molecular formula is C15H11N5O3S2. The van der Waals surface area contributed by atoms with E-state index in [-0.39, 0.29) is 4.34 Å². The Morgan fingerprint density at radius 1 is 1.04 bits per heavy atom. The summed E-state index contributed by atoms with van der Waals surface area (Å²) in [7, 11) is -3.85. The summed E-state index contributed by atoms with van der Waals surface area (Å²) < 4.78 is 29.9. The van der Waals surface area contributed by atoms with Gasteiger partial charge in [0.15, 0.2) is 0 Å². The molecule has 0 saturated carbocycles. The van der Waals surface area contributed by atoms with E-state index in [2.05, 4.69) is 15.1 Å². The van der Waals surface area contributed by atoms with Gasteiger partial charge in [0.1, 0.15) is 11.5 Å². The molecule has 0 atom stereocenters. The molecule has 0 saturated heterocycles. The van der Waals surface area contributed by atoms with Crippen LogP contribution in [0.1, 0.15) is 0 Å². The predicted octanol–water partition coefficient (Wildman–Crippen LogP) is 2.29. The molecule has 10 heteroatoms. The zero-order valence-electron chi connectivity index (χ0n) is 12.6. The van der Waals surface area contributed by atoms with Gasteiger partial charge in [-0.05, 0) is 36.4 Å². The lowest BCUT2D eigenvalue weighted by Gasteiger charge is -2.06. The van der Waals surface area contributed by atoms with Crippen LogP contribution >= 0.6 is 11.3 Å². The minimum absolute atomic E-state index is 0.172. The second-order valence-electron chi connectivity index (χ2n) is 5.06. The number of rotatable bonds is 4. The molecule has 0 unspecified atom stereocenters. The molecule has 8 nitrogen and oxygen atoms in total. The van der Waals surface area contributed by atoms with Crippen LogP contribution in [0, 0.1) is 0 Å². The van der Waals surface area contributed by atoms with Crippen LogP contribution in [0.2, 0.25) is 0 Å². The average molecular weight is 373 g/mol. The number of benzene rings is 1. The second-order valence-corrected chi connectivity index (χ2v) is 7.75. The molecule has 0 bridgehead atoms. The van der Waals surface area contributed by atoms with E-state index in [1.54, 1.807) is 30.7 Å². The Labute approximate surface area is 146 Å². The highest BCUT2D eigenvalue weighted by atomic mass is 32.2. The number of ether oxygens (including phenoxy) is 1. The molecule has 0 spiro atoms. The Balaban J connectivity index is 1.66. The maximum atomic E-state index is 11.4. The van der Waals surface area contributed by atoms with Crippen LogP contribution in [0.3, 0.4) is 0 Å². The summed E-state index contributed by atoms with van der Waals surface area (Å²) in [5.41, 5.74) is 1.48. The standard InChI is InChI=1S/C15H11N5O3S2/c16-25(21,22)15-19-20-13(9-18-14(20)24-15)10-1-3-11(4-2-10)23-12-5-7-17-8-6-12/h1-9H,(H2,16,21,22). The minimum atomic E-state index is -3.85. The van der Waals surface area contributed by atoms with E-state index in [0.717, 1.165) is 16.9 Å². The smallest absolute Gasteiger partial charge is 0.267 e. The van der Waals surface area contributed by atoms with Gasteiger partial charge in [0.2, 0.25) is 9.30 Å². The molecular weight excluding hydrogens is 362 g/mol. The Kier molecular flexibility index (Phi) is 3.71. The summed E-state index contributed by atoms with van der Waals surface area (Å²) in [6.45, 7) is 0. The molecule has 0 aliphatic rings. The quantitative estimate of drug-likeness (QED) is 0.587. The third-order valence-corrected chi connectivity index (χ3v) is 5.58. The van der Waals surface area contributed by atoms with Crippen molar-refractivity contribution in [3.8, 4) is 22.8 Å². The largest absolute Gasteiger partial charge is 0.457 e. The number of hydrogen-bond donors (Lipinski definition) is 1. The molecule has 0 amide bonds. The van der Waals surface area contributed by atoms with Gasteiger partial charge in [-0.3, -0.25) is 4.98 Å². The normalized spacial score (nSPS) is 11.7. The van der Waals surface area contributed by atoms with Crippen molar-refractivity contribution in [3.05, 3.63) is 55.0 Å². The number of nitrogens with two attached hydrogens (primary N) is 1. The van der Waals surface area contributed by atoms with E-state index in [1.165, 1.54) is 4.52 Å². The van der Waals surface area contributed by atoms with Crippen molar-refractivity contribution in [3.63, 3.8) is 0 Å². The molecule has 126 valence electrons. The number of pyridine rings is 1. The monoisotopic (exact) mass is 373 g/mol. The maximum Gasteiger partial charge on any atom is 0.267 e. The second kappa shape index (κ2) is 5.92. The van der Waals surface area contributed by atoms with Crippen LogP contribution in [0.25, 0.3) is 16.2 Å². The zero-order valence-corrected chi connectivity index (χ0v) is 14.2. The Morgan fingerprint density at radius 3 is 2.40 bits per heavy atom. The van der Waals surface area contributed by atoms with Crippen LogP contribution < -0.4 is 9.88 Å². The summed E-state index contributed by atoms with van der Waals surface area (Å²) in [6, 6.07) is 10.8. The van der Waals surface area contributed by atoms with E-state index >= 15 is 0 Å². The number of hydrogen-bond acceptors (Lipinski definition) is 7. The number of sulfonamides is 1. The van der Waals surface area contributed by atoms with Crippen molar-refractivity contribution >= 4 is 26.3 Å². The Morgan fingerprint density at radius 2 is 1.72 bits per heavy atom. The van der Waals surface area contributed by atoms with Crippen molar-refractivity contribution in [1.29, 1.82) is 0 Å². The predicted molar refractivity (Wildman–Crippen MR) is 92.0 cm³/mol. The fourth-order valence-corrected chi connectivity index (χ4v) is 3.72. The van der Waals surface area contributed by atoms with Gasteiger partial charge in [0.25, 0.3) is 10.0 Å². The first-order valence-corrected chi connectivity index (χ1v) is 9.43. The minimum Gasteiger partial charge on any atom is -0.457 e. The molecule has 1 aromatic carbocycles. The number of imidazole rings is 1. The van der Waals surface area contributed by atoms with E-state index in [1.807, 2.05) is 24.3 Å². The van der Waals surface area contributed by atoms with Gasteiger partial charge >= 0.3 is 0 Å². The van der Waals surface area contributed by atoms with E-state index in [0.29, 0.717) is 22.2 Å². The summed E-state index contributed by atoms with van der Waals surface area (Å²) in [5.74, 6) is 1.35. The molecule has 0 aliphatic carbocycles. The van der Waals surface area contributed by atoms with Crippen LogP contribution in [0.15, 0.2) is 59.3 Å². The van der Waals surface area contributed by atoms with Crippen molar-refractivity contribution < 1.29 is 13.2 Å². The maximum absolute atomic E-state index is 11.4. The SMILES string of the molecule is NS(=O)(=O)c1nn2c(-c3ccc(Oc4ccncc4)cc3)cnc2s1. The van der Waals surface area contributed by atoms with E-state index in [4.69, 9.17) is 9.88 Å². The molecule has 0 aliphatic heterocycles. The topological polar surface area (TPSA) is 112 Å². The van der Waals surface area contributed by atoms with Crippen molar-refractivity contribution in [2.45, 2.75) is 4.34 Å². The Bertz CT molecular complexity index is 1140. The summed E-state index contributed by atoms with van der Waals surface area (Å²) in [6.07, 6.45) is 4.93. The molecule has 0 radical (unpaired) electrons. The van der Waals surface area contributed by atoms with Crippen LogP contribution in [0.4, 0.5) is 0 Å². The lowest BCUT2D eigenvalue weighted by Crippen LogP contribution is -2.12. The van der Waals surface area contributed by atoms with Gasteiger partial charge in [-0.15, -0.1) is 5.10 Å². The van der Waals surface area contributed by atoms with Gasteiger partial charge in [-0.1, -0.05) is 11.3 Å². The lowest BCUT2D eigenvalue weighted by molar-refractivity contribution is 0.482. The highest BCUT2D eigenvalue weighted by molar-refractivity contribution is 7.91. The van der Waals surface area contributed by atoms with Gasteiger partial charge in [0.05, 0.1) is 11.9 Å². The lowest BCUT2D eigenvalue weighted by atomic mass is 10.1. The third-order valence-electron chi connectivity index (χ3n) is 3.35. The first kappa shape index (κ1) is 15.7. The van der Waals surface area contributed by atoms with Crippen LogP contribution in [-0.4, -0.2) is 28.0 Å². The first-order valence-electron chi connectivity index (χ1n) is 7.06. The summed E-state index contributed by atoms with van der Waals surface area (Å²) in [4.78, 5) is 8.57. The molecule has 2 N–H and O–H groups in total. The molecule has 3 aromatic heterocycles. The molecule has 4 aromatic rings.